The Hall–Kier alpha value is -5.19. The van der Waals surface area contributed by atoms with Gasteiger partial charge in [-0.1, -0.05) is 77.9 Å². The number of aliphatic imine (C=N–C) groups is 1. The number of hydrogen-bond acceptors (Lipinski definition) is 15. The van der Waals surface area contributed by atoms with Crippen molar-refractivity contribution in [3.8, 4) is 28.7 Å². The summed E-state index contributed by atoms with van der Waals surface area (Å²) in [7, 11) is -10.6. The molecule has 366 valence electrons. The minimum atomic E-state index is -5.43. The number of rotatable bonds is 19. The molecule has 0 spiro atoms. The number of fused-ring (bicyclic) bond motifs is 2. The van der Waals surface area contributed by atoms with Gasteiger partial charge in [0.25, 0.3) is 11.8 Å². The maximum absolute atomic E-state index is 13.6. The number of azo groups is 1. The van der Waals surface area contributed by atoms with Crippen LogP contribution >= 0.6 is 0 Å². The second-order valence-corrected chi connectivity index (χ2v) is 20.7. The van der Waals surface area contributed by atoms with E-state index in [-0.39, 0.29) is 110 Å². The molecular weight excluding hydrogens is 985 g/mol. The summed E-state index contributed by atoms with van der Waals surface area (Å²) in [5, 5.41) is 35.9. The fourth-order valence-corrected chi connectivity index (χ4v) is 8.75. The van der Waals surface area contributed by atoms with Crippen LogP contribution in [0.3, 0.4) is 0 Å². The van der Waals surface area contributed by atoms with E-state index in [0.29, 0.717) is 42.8 Å². The van der Waals surface area contributed by atoms with Crippen molar-refractivity contribution < 1.29 is 114 Å². The molecule has 21 heteroatoms. The first-order valence-corrected chi connectivity index (χ1v) is 25.2. The number of amides is 2. The molecule has 6 aromatic rings. The van der Waals surface area contributed by atoms with E-state index in [2.05, 4.69) is 85.6 Å². The van der Waals surface area contributed by atoms with Gasteiger partial charge < -0.3 is 39.4 Å². The van der Waals surface area contributed by atoms with Crippen molar-refractivity contribution in [2.45, 2.75) is 87.8 Å². The number of unbranched alkanes of at least 4 members (excludes halogenated alkanes) is 1. The number of benzene rings is 6. The van der Waals surface area contributed by atoms with Crippen LogP contribution < -0.4 is 79.2 Å². The quantitative estimate of drug-likeness (QED) is 0.0383. The number of phenols is 2. The van der Waals surface area contributed by atoms with Crippen LogP contribution in [0.25, 0.3) is 21.5 Å². The monoisotopic (exact) mass is 1040 g/mol. The SMILES string of the molecule is CCC(C)(C)c1ccc(OCCCCNC(=O)c2cc(Oc3ccc(N=Nc4c(S(=O)(=O)[O-])cc5cc(S(=O)(=O)[O-])cc(NC(=O)C6=NC=C6)c5c4O)cc3)c3ccccc3c2O)c(C(C)(C)CC)c1.[Na+].[Na+]. The second kappa shape index (κ2) is 23.3. The molecule has 6 aromatic carbocycles. The smallest absolute Gasteiger partial charge is 0.744 e. The predicted octanol–water partition coefficient (Wildman–Crippen LogP) is 4.30. The Morgan fingerprint density at radius 2 is 1.42 bits per heavy atom. The number of nitrogens with zero attached hydrogens (tertiary/aromatic N) is 3. The molecule has 0 saturated heterocycles. The molecule has 2 amide bonds. The van der Waals surface area contributed by atoms with E-state index in [1.807, 2.05) is 0 Å². The third-order valence-corrected chi connectivity index (χ3v) is 14.2. The Morgan fingerprint density at radius 1 is 0.750 bits per heavy atom. The van der Waals surface area contributed by atoms with Crippen LogP contribution in [0.1, 0.15) is 88.7 Å². The average molecular weight is 1040 g/mol. The molecule has 17 nitrogen and oxygen atoms in total. The average Bonchev–Trinajstić information content (AvgIpc) is 3.29. The molecule has 0 unspecified atom stereocenters. The van der Waals surface area contributed by atoms with Gasteiger partial charge in [-0.15, -0.1) is 5.11 Å². The Kier molecular flexibility index (Phi) is 18.7. The van der Waals surface area contributed by atoms with E-state index < -0.39 is 64.4 Å². The Bertz CT molecular complexity index is 3380. The van der Waals surface area contributed by atoms with Crippen LogP contribution in [0, 0.1) is 0 Å². The first-order valence-electron chi connectivity index (χ1n) is 22.3. The number of anilines is 1. The zero-order valence-electron chi connectivity index (χ0n) is 41.2. The third kappa shape index (κ3) is 12.9. The molecule has 7 rings (SSSR count). The van der Waals surface area contributed by atoms with E-state index in [1.165, 1.54) is 53.7 Å². The minimum Gasteiger partial charge on any atom is -0.744 e. The number of aromatic hydroxyl groups is 2. The standard InChI is InChI=1S/C51H53N5O12S2.2Na/c1-7-50(3,4)31-15-20-41(38(27-31)51(5,6)8-2)67-24-12-11-22-53-48(59)37-29-42(35-13-9-10-14-36(35)46(37)57)68-33-18-16-32(17-19-33)55-56-45-43(70(64,65)66)26-30-25-34(69(61,62)63)28-40(44(30)47(45)58)54-49(60)39-21-23-52-39;;/h9-10,13-21,23,25-29,57-58H,7-8,11-12,22,24H2,1-6H3,(H,53,59)(H,54,60)(H,61,62,63)(H,64,65,66);;/q;2*+1/p-2. The van der Waals surface area contributed by atoms with Gasteiger partial charge in [0.2, 0.25) is 0 Å². The molecule has 0 radical (unpaired) electrons. The molecule has 4 N–H and O–H groups in total. The van der Waals surface area contributed by atoms with Crippen molar-refractivity contribution in [1.29, 1.82) is 0 Å². The van der Waals surface area contributed by atoms with E-state index in [9.17, 15) is 45.7 Å². The zero-order valence-corrected chi connectivity index (χ0v) is 46.8. The molecule has 1 heterocycles. The Balaban J connectivity index is 0.00000481. The molecular formula is C51H51N5Na2O12S2. The fraction of sp³-hybridized carbons (Fsp3) is 0.275. The summed E-state index contributed by atoms with van der Waals surface area (Å²) in [6, 6.07) is 22.7. The number of nitrogens with one attached hydrogen (secondary N) is 2. The molecule has 0 bridgehead atoms. The normalized spacial score (nSPS) is 12.7. The minimum absolute atomic E-state index is 0. The van der Waals surface area contributed by atoms with E-state index >= 15 is 0 Å². The van der Waals surface area contributed by atoms with Gasteiger partial charge in [0.05, 0.1) is 33.3 Å². The van der Waals surface area contributed by atoms with E-state index in [4.69, 9.17) is 9.47 Å². The van der Waals surface area contributed by atoms with Crippen molar-refractivity contribution in [3.05, 3.63) is 120 Å². The topological polar surface area (TPSA) is 269 Å². The number of hydrogen-bond donors (Lipinski definition) is 4. The van der Waals surface area contributed by atoms with E-state index in [0.717, 1.165) is 30.7 Å². The van der Waals surface area contributed by atoms with Crippen LogP contribution in [0.15, 0.2) is 128 Å². The van der Waals surface area contributed by atoms with Gasteiger partial charge in [0, 0.05) is 34.5 Å². The van der Waals surface area contributed by atoms with Crippen molar-refractivity contribution in [1.82, 2.24) is 5.32 Å². The van der Waals surface area contributed by atoms with Crippen LogP contribution in [0.5, 0.6) is 28.7 Å². The Morgan fingerprint density at radius 3 is 2.03 bits per heavy atom. The zero-order chi connectivity index (χ0) is 50.8. The van der Waals surface area contributed by atoms with E-state index in [1.54, 1.807) is 24.3 Å². The Labute approximate surface area is 462 Å². The number of phenolic OH excluding ortho intramolecular Hbond substituents is 2. The van der Waals surface area contributed by atoms with Gasteiger partial charge in [-0.3, -0.25) is 14.6 Å². The fourth-order valence-electron chi connectivity index (χ4n) is 7.57. The summed E-state index contributed by atoms with van der Waals surface area (Å²) in [6.07, 6.45) is 5.88. The van der Waals surface area contributed by atoms with Crippen molar-refractivity contribution in [3.63, 3.8) is 0 Å². The molecule has 0 saturated carbocycles. The van der Waals surface area contributed by atoms with Crippen LogP contribution in [-0.2, 0) is 35.9 Å². The van der Waals surface area contributed by atoms with Gasteiger partial charge >= 0.3 is 59.1 Å². The van der Waals surface area contributed by atoms with Crippen LogP contribution in [0.4, 0.5) is 17.1 Å². The predicted molar refractivity (Wildman–Crippen MR) is 263 cm³/mol. The van der Waals surface area contributed by atoms with Crippen molar-refractivity contribution in [2.24, 2.45) is 15.2 Å². The van der Waals surface area contributed by atoms with Gasteiger partial charge in [-0.2, -0.15) is 5.11 Å². The molecule has 72 heavy (non-hydrogen) atoms. The summed E-state index contributed by atoms with van der Waals surface area (Å²) in [4.78, 5) is 28.0. The first kappa shape index (κ1) is 57.7. The van der Waals surface area contributed by atoms with Crippen LogP contribution in [0.2, 0.25) is 0 Å². The molecule has 0 atom stereocenters. The molecule has 1 aliphatic rings. The van der Waals surface area contributed by atoms with Crippen molar-refractivity contribution >= 4 is 76.4 Å². The van der Waals surface area contributed by atoms with Gasteiger partial charge in [-0.25, -0.2) is 16.8 Å². The second-order valence-electron chi connectivity index (χ2n) is 17.9. The molecule has 0 aromatic heterocycles. The maximum Gasteiger partial charge on any atom is 1.00 e. The third-order valence-electron chi connectivity index (χ3n) is 12.5. The summed E-state index contributed by atoms with van der Waals surface area (Å²) < 4.78 is 85.8. The van der Waals surface area contributed by atoms with Crippen LogP contribution in [-0.4, -0.2) is 66.8 Å². The summed E-state index contributed by atoms with van der Waals surface area (Å²) >= 11 is 0. The first-order chi connectivity index (χ1) is 33.0. The molecule has 0 aliphatic carbocycles. The molecule has 0 fully saturated rings. The number of carbonyl (C=O) groups excluding carboxylic acids is 2. The summed E-state index contributed by atoms with van der Waals surface area (Å²) in [6.45, 7) is 14.0. The largest absolute Gasteiger partial charge is 1.00 e. The number of ether oxygens (including phenoxy) is 2. The van der Waals surface area contributed by atoms with Gasteiger partial charge in [-0.05, 0) is 108 Å². The summed E-state index contributed by atoms with van der Waals surface area (Å²) in [5.74, 6) is -1.22. The maximum atomic E-state index is 13.6. The summed E-state index contributed by atoms with van der Waals surface area (Å²) in [5.41, 5.74) is 1.13. The molecule has 1 aliphatic heterocycles. The van der Waals surface area contributed by atoms with Gasteiger partial charge in [0.1, 0.15) is 54.6 Å². The number of carbonyl (C=O) groups is 2. The van der Waals surface area contributed by atoms with Gasteiger partial charge in [0.15, 0.2) is 5.75 Å². The van der Waals surface area contributed by atoms with Crippen molar-refractivity contribution in [2.75, 3.05) is 18.5 Å².